The zero-order chi connectivity index (χ0) is 13.9. The number of hydrogen-bond acceptors (Lipinski definition) is 2. The number of ether oxygens (including phenoxy) is 1. The van der Waals surface area contributed by atoms with E-state index >= 15 is 0 Å². The van der Waals surface area contributed by atoms with Crippen molar-refractivity contribution in [1.82, 2.24) is 0 Å². The summed E-state index contributed by atoms with van der Waals surface area (Å²) in [5, 5.41) is 3.38. The molecule has 1 N–H and O–H groups in total. The number of carbonyl (C=O) groups excluding carboxylic acids is 1. The van der Waals surface area contributed by atoms with E-state index in [1.54, 1.807) is 12.1 Å². The van der Waals surface area contributed by atoms with Crippen LogP contribution in [0.3, 0.4) is 0 Å². The molecule has 1 rings (SSSR count). The zero-order valence-electron chi connectivity index (χ0n) is 10.9. The number of benzene rings is 1. The molecule has 0 spiro atoms. The average Bonchev–Trinajstić information content (AvgIpc) is 2.21. The molecule has 0 bridgehead atoms. The lowest BCUT2D eigenvalue weighted by molar-refractivity contribution is -0.123. The molecule has 100 valence electrons. The van der Waals surface area contributed by atoms with Gasteiger partial charge in [-0.15, -0.1) is 0 Å². The van der Waals surface area contributed by atoms with Crippen LogP contribution in [0.1, 0.15) is 27.7 Å². The van der Waals surface area contributed by atoms with E-state index in [1.165, 1.54) is 0 Å². The van der Waals surface area contributed by atoms with Crippen LogP contribution in [0.2, 0.25) is 5.02 Å². The maximum Gasteiger partial charge on any atom is 0.229 e. The standard InChI is InChI=1S/C13H17BrClNO2/c1-5-18-11-9(14)6-8(15)7-10(11)16-12(17)13(2,3)4/h6-7H,5H2,1-4H3,(H,16,17). The highest BCUT2D eigenvalue weighted by Gasteiger charge is 2.23. The lowest BCUT2D eigenvalue weighted by atomic mass is 9.95. The van der Waals surface area contributed by atoms with Gasteiger partial charge in [0, 0.05) is 10.4 Å². The monoisotopic (exact) mass is 333 g/mol. The molecule has 1 amide bonds. The first kappa shape index (κ1) is 15.3. The molecular formula is C13H17BrClNO2. The topological polar surface area (TPSA) is 38.3 Å². The molecule has 0 saturated heterocycles. The number of halogens is 2. The Bertz CT molecular complexity index is 455. The molecular weight excluding hydrogens is 318 g/mol. The second kappa shape index (κ2) is 5.93. The fourth-order valence-electron chi connectivity index (χ4n) is 1.25. The third kappa shape index (κ3) is 3.89. The SMILES string of the molecule is CCOc1c(Br)cc(Cl)cc1NC(=O)C(C)(C)C. The lowest BCUT2D eigenvalue weighted by Crippen LogP contribution is -2.27. The summed E-state index contributed by atoms with van der Waals surface area (Å²) in [4.78, 5) is 12.0. The minimum atomic E-state index is -0.474. The molecule has 1 aromatic carbocycles. The van der Waals surface area contributed by atoms with Crippen molar-refractivity contribution in [3.63, 3.8) is 0 Å². The van der Waals surface area contributed by atoms with Gasteiger partial charge >= 0.3 is 0 Å². The molecule has 0 saturated carbocycles. The van der Waals surface area contributed by atoms with Gasteiger partial charge in [0.2, 0.25) is 5.91 Å². The van der Waals surface area contributed by atoms with E-state index < -0.39 is 5.41 Å². The summed E-state index contributed by atoms with van der Waals surface area (Å²) < 4.78 is 6.24. The van der Waals surface area contributed by atoms with Crippen molar-refractivity contribution in [2.24, 2.45) is 5.41 Å². The molecule has 0 atom stereocenters. The van der Waals surface area contributed by atoms with Crippen LogP contribution in [0.25, 0.3) is 0 Å². The van der Waals surface area contributed by atoms with Crippen LogP contribution >= 0.6 is 27.5 Å². The van der Waals surface area contributed by atoms with Crippen LogP contribution in [0, 0.1) is 5.41 Å². The Labute approximate surface area is 121 Å². The number of nitrogens with one attached hydrogen (secondary N) is 1. The van der Waals surface area contributed by atoms with E-state index in [1.807, 2.05) is 27.7 Å². The van der Waals surface area contributed by atoms with Gasteiger partial charge in [0.15, 0.2) is 5.75 Å². The van der Waals surface area contributed by atoms with Gasteiger partial charge in [-0.3, -0.25) is 4.79 Å². The normalized spacial score (nSPS) is 11.2. The summed E-state index contributed by atoms with van der Waals surface area (Å²) in [6.07, 6.45) is 0. The number of carbonyl (C=O) groups is 1. The Morgan fingerprint density at radius 1 is 1.44 bits per heavy atom. The van der Waals surface area contributed by atoms with Gasteiger partial charge in [0.25, 0.3) is 0 Å². The number of anilines is 1. The van der Waals surface area contributed by atoms with Crippen molar-refractivity contribution in [2.45, 2.75) is 27.7 Å². The molecule has 0 heterocycles. The summed E-state index contributed by atoms with van der Waals surface area (Å²) in [5.74, 6) is 0.511. The maximum absolute atomic E-state index is 12.0. The van der Waals surface area contributed by atoms with Crippen LogP contribution < -0.4 is 10.1 Å². The van der Waals surface area contributed by atoms with Crippen molar-refractivity contribution in [3.8, 4) is 5.75 Å². The minimum Gasteiger partial charge on any atom is -0.491 e. The molecule has 3 nitrogen and oxygen atoms in total. The van der Waals surface area contributed by atoms with Gasteiger partial charge in [-0.25, -0.2) is 0 Å². The third-order valence-corrected chi connectivity index (χ3v) is 3.03. The second-order valence-electron chi connectivity index (χ2n) is 4.90. The highest BCUT2D eigenvalue weighted by atomic mass is 79.9. The Hall–Kier alpha value is -0.740. The van der Waals surface area contributed by atoms with Crippen molar-refractivity contribution in [2.75, 3.05) is 11.9 Å². The first-order valence-corrected chi connectivity index (χ1v) is 6.86. The number of hydrogen-bond donors (Lipinski definition) is 1. The molecule has 0 radical (unpaired) electrons. The van der Waals surface area contributed by atoms with Gasteiger partial charge < -0.3 is 10.1 Å². The Morgan fingerprint density at radius 2 is 2.06 bits per heavy atom. The van der Waals surface area contributed by atoms with Gasteiger partial charge in [0.05, 0.1) is 16.8 Å². The lowest BCUT2D eigenvalue weighted by Gasteiger charge is -2.20. The fourth-order valence-corrected chi connectivity index (χ4v) is 2.18. The van der Waals surface area contributed by atoms with Crippen molar-refractivity contribution in [1.29, 1.82) is 0 Å². The number of amides is 1. The van der Waals surface area contributed by atoms with E-state index in [2.05, 4.69) is 21.2 Å². The third-order valence-electron chi connectivity index (χ3n) is 2.23. The smallest absolute Gasteiger partial charge is 0.229 e. The van der Waals surface area contributed by atoms with Crippen LogP contribution in [-0.4, -0.2) is 12.5 Å². The quantitative estimate of drug-likeness (QED) is 0.884. The van der Waals surface area contributed by atoms with Crippen molar-refractivity contribution in [3.05, 3.63) is 21.6 Å². The van der Waals surface area contributed by atoms with Crippen LogP contribution in [0.15, 0.2) is 16.6 Å². The summed E-state index contributed by atoms with van der Waals surface area (Å²) >= 11 is 9.36. The zero-order valence-corrected chi connectivity index (χ0v) is 13.3. The molecule has 0 aliphatic heterocycles. The molecule has 0 aliphatic rings. The molecule has 5 heteroatoms. The molecule has 0 aromatic heterocycles. The van der Waals surface area contributed by atoms with Crippen molar-refractivity contribution >= 4 is 39.1 Å². The van der Waals surface area contributed by atoms with Gasteiger partial charge in [0.1, 0.15) is 0 Å². The Morgan fingerprint density at radius 3 is 2.56 bits per heavy atom. The Kier molecular flexibility index (Phi) is 5.05. The van der Waals surface area contributed by atoms with Gasteiger partial charge in [-0.1, -0.05) is 32.4 Å². The highest BCUT2D eigenvalue weighted by Crippen LogP contribution is 2.37. The average molecular weight is 335 g/mol. The number of rotatable bonds is 3. The molecule has 18 heavy (non-hydrogen) atoms. The van der Waals surface area contributed by atoms with Crippen LogP contribution in [0.4, 0.5) is 5.69 Å². The second-order valence-corrected chi connectivity index (χ2v) is 6.19. The Balaban J connectivity index is 3.11. The van der Waals surface area contributed by atoms with E-state index in [0.717, 1.165) is 4.47 Å². The summed E-state index contributed by atoms with van der Waals surface area (Å²) in [6, 6.07) is 3.42. The minimum absolute atomic E-state index is 0.0855. The summed E-state index contributed by atoms with van der Waals surface area (Å²) in [5.41, 5.74) is 0.106. The van der Waals surface area contributed by atoms with E-state index in [-0.39, 0.29) is 5.91 Å². The molecule has 1 aromatic rings. The van der Waals surface area contributed by atoms with Gasteiger partial charge in [-0.2, -0.15) is 0 Å². The predicted octanol–water partition coefficient (Wildman–Crippen LogP) is 4.49. The van der Waals surface area contributed by atoms with E-state index in [4.69, 9.17) is 16.3 Å². The summed E-state index contributed by atoms with van der Waals surface area (Å²) in [7, 11) is 0. The van der Waals surface area contributed by atoms with E-state index in [0.29, 0.717) is 23.1 Å². The molecule has 0 aliphatic carbocycles. The van der Waals surface area contributed by atoms with E-state index in [9.17, 15) is 4.79 Å². The van der Waals surface area contributed by atoms with Crippen LogP contribution in [0.5, 0.6) is 5.75 Å². The van der Waals surface area contributed by atoms with Crippen LogP contribution in [-0.2, 0) is 4.79 Å². The largest absolute Gasteiger partial charge is 0.491 e. The predicted molar refractivity (Wildman–Crippen MR) is 78.4 cm³/mol. The van der Waals surface area contributed by atoms with Gasteiger partial charge in [-0.05, 0) is 35.0 Å². The van der Waals surface area contributed by atoms with Crippen molar-refractivity contribution < 1.29 is 9.53 Å². The molecule has 0 fully saturated rings. The highest BCUT2D eigenvalue weighted by molar-refractivity contribution is 9.10. The first-order valence-electron chi connectivity index (χ1n) is 5.69. The first-order chi connectivity index (χ1) is 8.25. The maximum atomic E-state index is 12.0. The molecule has 0 unspecified atom stereocenters. The fraction of sp³-hybridized carbons (Fsp3) is 0.462. The summed E-state index contributed by atoms with van der Waals surface area (Å²) in [6.45, 7) is 7.95.